The van der Waals surface area contributed by atoms with Crippen LogP contribution in [-0.4, -0.2) is 12.9 Å². The highest BCUT2D eigenvalue weighted by molar-refractivity contribution is 5.54. The van der Waals surface area contributed by atoms with E-state index in [0.29, 0.717) is 0 Å². The van der Waals surface area contributed by atoms with Crippen LogP contribution in [0.25, 0.3) is 0 Å². The molecule has 0 fully saturated rings. The summed E-state index contributed by atoms with van der Waals surface area (Å²) in [4.78, 5) is 0. The summed E-state index contributed by atoms with van der Waals surface area (Å²) < 4.78 is 0. The first-order chi connectivity index (χ1) is 3.39. The smallest absolute Gasteiger partial charge is 0.122 e. The second-order valence-electron chi connectivity index (χ2n) is 1.41. The predicted molar refractivity (Wildman–Crippen MR) is 28.0 cm³/mol. The standard InChI is InChI=1S/C5H6N2/c1-7-5-3-2-4-6-7/h2-3,5H,1H3/p+1. The number of hydrogen-bond donors (Lipinski definition) is 1. The van der Waals surface area contributed by atoms with E-state index < -0.39 is 0 Å². The number of hydrogen-bond acceptors (Lipinski definition) is 1. The fourth-order valence-corrected chi connectivity index (χ4v) is 0.407. The Morgan fingerprint density at radius 3 is 2.86 bits per heavy atom. The normalized spacial score (nSPS) is 26.1. The lowest BCUT2D eigenvalue weighted by Gasteiger charge is -1.94. The first kappa shape index (κ1) is 4.31. The van der Waals surface area contributed by atoms with E-state index in [1.54, 1.807) is 6.08 Å². The van der Waals surface area contributed by atoms with Crippen LogP contribution in [0.3, 0.4) is 0 Å². The van der Waals surface area contributed by atoms with Crippen LogP contribution in [0.15, 0.2) is 23.5 Å². The lowest BCUT2D eigenvalue weighted by Crippen LogP contribution is -2.99. The Bertz CT molecular complexity index is 140. The number of rotatable bonds is 0. The molecule has 0 aliphatic carbocycles. The second kappa shape index (κ2) is 1.73. The van der Waals surface area contributed by atoms with E-state index in [1.165, 1.54) is 0 Å². The topological polar surface area (TPSA) is 16.8 Å². The maximum absolute atomic E-state index is 3.85. The van der Waals surface area contributed by atoms with Crippen LogP contribution in [0.4, 0.5) is 0 Å². The van der Waals surface area contributed by atoms with Gasteiger partial charge < -0.3 is 0 Å². The minimum atomic E-state index is 1.02. The van der Waals surface area contributed by atoms with Gasteiger partial charge in [0.05, 0.1) is 7.05 Å². The first-order valence-corrected chi connectivity index (χ1v) is 2.19. The average Bonchev–Trinajstić information content (AvgIpc) is 1.69. The average molecular weight is 95.1 g/mol. The molecule has 1 aliphatic rings. The quantitative estimate of drug-likeness (QED) is 0.404. The Morgan fingerprint density at radius 1 is 1.71 bits per heavy atom. The highest BCUT2D eigenvalue weighted by atomic mass is 15.4. The zero-order valence-electron chi connectivity index (χ0n) is 4.18. The number of nitrogens with one attached hydrogen (secondary N) is 1. The van der Waals surface area contributed by atoms with Gasteiger partial charge >= 0.3 is 0 Å². The Hall–Kier alpha value is -0.850. The maximum Gasteiger partial charge on any atom is 0.122 e. The Balaban J connectivity index is 2.77. The molecule has 0 saturated heterocycles. The maximum atomic E-state index is 3.85. The van der Waals surface area contributed by atoms with Crippen molar-refractivity contribution in [1.29, 1.82) is 0 Å². The lowest BCUT2D eigenvalue weighted by atomic mass is 10.6. The molecule has 1 aliphatic heterocycles. The predicted octanol–water partition coefficient (Wildman–Crippen LogP) is -0.831. The van der Waals surface area contributed by atoms with Gasteiger partial charge in [0.15, 0.2) is 0 Å². The molecule has 0 aromatic rings. The van der Waals surface area contributed by atoms with Gasteiger partial charge in [-0.2, -0.15) is 5.01 Å². The van der Waals surface area contributed by atoms with Gasteiger partial charge in [0.1, 0.15) is 6.20 Å². The molecule has 0 spiro atoms. The van der Waals surface area contributed by atoms with Gasteiger partial charge in [-0.15, -0.1) is 0 Å². The van der Waals surface area contributed by atoms with E-state index in [1.807, 2.05) is 19.3 Å². The molecule has 2 heteroatoms. The molecule has 0 radical (unpaired) electrons. The van der Waals surface area contributed by atoms with E-state index in [-0.39, 0.29) is 0 Å². The van der Waals surface area contributed by atoms with Crippen LogP contribution in [-0.2, 0) is 0 Å². The van der Waals surface area contributed by atoms with E-state index in [9.17, 15) is 0 Å². The zero-order valence-corrected chi connectivity index (χ0v) is 4.18. The lowest BCUT2D eigenvalue weighted by molar-refractivity contribution is -0.831. The fourth-order valence-electron chi connectivity index (χ4n) is 0.407. The van der Waals surface area contributed by atoms with E-state index >= 15 is 0 Å². The van der Waals surface area contributed by atoms with Gasteiger partial charge in [0.25, 0.3) is 0 Å². The molecule has 7 heavy (non-hydrogen) atoms. The van der Waals surface area contributed by atoms with Crippen LogP contribution in [0.5, 0.6) is 0 Å². The number of quaternary nitrogens is 1. The summed E-state index contributed by atoms with van der Waals surface area (Å²) in [7, 11) is 1.94. The van der Waals surface area contributed by atoms with Gasteiger partial charge in [-0.3, -0.25) is 0 Å². The summed E-state index contributed by atoms with van der Waals surface area (Å²) >= 11 is 0. The second-order valence-corrected chi connectivity index (χ2v) is 1.41. The molecule has 0 aromatic carbocycles. The van der Waals surface area contributed by atoms with Crippen molar-refractivity contribution in [1.82, 2.24) is 0 Å². The van der Waals surface area contributed by atoms with Crippen LogP contribution in [0, 0.1) is 0 Å². The van der Waals surface area contributed by atoms with Gasteiger partial charge in [-0.25, -0.2) is 0 Å². The summed E-state index contributed by atoms with van der Waals surface area (Å²) in [6.07, 6.45) is 5.64. The van der Waals surface area contributed by atoms with E-state index in [4.69, 9.17) is 0 Å². The molecule has 36 valence electrons. The molecule has 0 saturated carbocycles. The van der Waals surface area contributed by atoms with E-state index in [0.717, 1.165) is 5.01 Å². The third kappa shape index (κ3) is 1.000. The molecule has 0 aromatic heterocycles. The highest BCUT2D eigenvalue weighted by Crippen LogP contribution is 1.64. The largest absolute Gasteiger partial charge is 0.177 e. The SMILES string of the molecule is C[NH+]1C=CC=C=N1. The van der Waals surface area contributed by atoms with Crippen LogP contribution >= 0.6 is 0 Å². The molecule has 1 N–H and O–H groups in total. The van der Waals surface area contributed by atoms with Crippen molar-refractivity contribution in [3.05, 3.63) is 18.4 Å². The van der Waals surface area contributed by atoms with Crippen molar-refractivity contribution in [2.75, 3.05) is 7.05 Å². The van der Waals surface area contributed by atoms with Crippen molar-refractivity contribution in [2.45, 2.75) is 0 Å². The summed E-state index contributed by atoms with van der Waals surface area (Å²) in [6.45, 7) is 0. The summed E-state index contributed by atoms with van der Waals surface area (Å²) in [6, 6.07) is 0. The Labute approximate surface area is 42.4 Å². The number of nitrogens with zero attached hydrogens (tertiary/aromatic N) is 1. The van der Waals surface area contributed by atoms with Crippen LogP contribution in [0.1, 0.15) is 0 Å². The molecule has 1 unspecified atom stereocenters. The van der Waals surface area contributed by atoms with Gasteiger partial charge in [-0.1, -0.05) is 0 Å². The van der Waals surface area contributed by atoms with Crippen molar-refractivity contribution in [3.63, 3.8) is 0 Å². The van der Waals surface area contributed by atoms with Crippen molar-refractivity contribution in [3.8, 4) is 0 Å². The molecule has 0 bridgehead atoms. The van der Waals surface area contributed by atoms with Gasteiger partial charge in [0.2, 0.25) is 0 Å². The molecular weight excluding hydrogens is 88.1 g/mol. The fraction of sp³-hybridized carbons (Fsp3) is 0.200. The first-order valence-electron chi connectivity index (χ1n) is 2.19. The summed E-state index contributed by atoms with van der Waals surface area (Å²) in [5.74, 6) is 2.71. The number of allylic oxidation sites excluding steroid dienone is 2. The van der Waals surface area contributed by atoms with Crippen molar-refractivity contribution in [2.24, 2.45) is 5.10 Å². The minimum absolute atomic E-state index is 1.02. The highest BCUT2D eigenvalue weighted by Gasteiger charge is 1.87. The molecule has 1 heterocycles. The summed E-state index contributed by atoms with van der Waals surface area (Å²) in [5, 5.41) is 4.87. The zero-order chi connectivity index (χ0) is 5.11. The minimum Gasteiger partial charge on any atom is -0.177 e. The van der Waals surface area contributed by atoms with Gasteiger partial charge in [0, 0.05) is 18.0 Å². The monoisotopic (exact) mass is 95.1 g/mol. The molecular formula is C5H7N2+. The molecule has 0 amide bonds. The van der Waals surface area contributed by atoms with Crippen LogP contribution < -0.4 is 5.01 Å². The van der Waals surface area contributed by atoms with Crippen molar-refractivity contribution >= 4 is 5.87 Å². The molecule has 1 rings (SSSR count). The van der Waals surface area contributed by atoms with E-state index in [2.05, 4.69) is 11.0 Å². The molecule has 1 atom stereocenters. The summed E-state index contributed by atoms with van der Waals surface area (Å²) in [5.41, 5.74) is 0. The Morgan fingerprint density at radius 2 is 2.57 bits per heavy atom. The van der Waals surface area contributed by atoms with Gasteiger partial charge in [-0.05, 0) is 5.10 Å². The van der Waals surface area contributed by atoms with Crippen LogP contribution in [0.2, 0.25) is 0 Å². The Kier molecular flexibility index (Phi) is 1.07. The third-order valence-electron chi connectivity index (χ3n) is 0.749. The third-order valence-corrected chi connectivity index (χ3v) is 0.749. The van der Waals surface area contributed by atoms with Crippen molar-refractivity contribution < 1.29 is 5.01 Å². The molecule has 2 nitrogen and oxygen atoms in total.